The molecule has 0 aliphatic heterocycles. The summed E-state index contributed by atoms with van der Waals surface area (Å²) in [6.07, 6.45) is -0.250. The lowest BCUT2D eigenvalue weighted by Gasteiger charge is -2.15. The number of hydrogen-bond donors (Lipinski definition) is 2. The molecule has 0 aliphatic rings. The van der Waals surface area contributed by atoms with Crippen molar-refractivity contribution in [2.24, 2.45) is 11.8 Å². The van der Waals surface area contributed by atoms with Crippen LogP contribution in [-0.4, -0.2) is 36.4 Å². The summed E-state index contributed by atoms with van der Waals surface area (Å²) in [6, 6.07) is -1.08. The lowest BCUT2D eigenvalue weighted by Crippen LogP contribution is -2.38. The normalized spacial score (nSPS) is 12.6. The van der Waals surface area contributed by atoms with Crippen LogP contribution in [0.2, 0.25) is 0 Å². The molecular formula is C12H23NO5. The van der Waals surface area contributed by atoms with Crippen LogP contribution in [0.15, 0.2) is 0 Å². The van der Waals surface area contributed by atoms with Crippen molar-refractivity contribution in [2.45, 2.75) is 40.2 Å². The summed E-state index contributed by atoms with van der Waals surface area (Å²) in [5.41, 5.74) is 1.77. The summed E-state index contributed by atoms with van der Waals surface area (Å²) < 4.78 is 9.83. The molecular weight excluding hydrogens is 238 g/mol. The fourth-order valence-electron chi connectivity index (χ4n) is 1.02. The first-order valence-electron chi connectivity index (χ1n) is 6.08. The Bertz CT molecular complexity index is 265. The van der Waals surface area contributed by atoms with Crippen molar-refractivity contribution in [3.63, 3.8) is 0 Å². The first-order valence-corrected chi connectivity index (χ1v) is 6.08. The molecule has 18 heavy (non-hydrogen) atoms. The second kappa shape index (κ2) is 8.88. The number of hydroxylamine groups is 1. The van der Waals surface area contributed by atoms with Crippen molar-refractivity contribution in [3.8, 4) is 0 Å². The fourth-order valence-corrected chi connectivity index (χ4v) is 1.02. The van der Waals surface area contributed by atoms with E-state index in [-0.39, 0.29) is 31.5 Å². The molecule has 0 aromatic rings. The van der Waals surface area contributed by atoms with Gasteiger partial charge in [-0.3, -0.25) is 9.59 Å². The van der Waals surface area contributed by atoms with Gasteiger partial charge in [-0.2, -0.15) is 5.48 Å². The zero-order chi connectivity index (χ0) is 14.1. The first kappa shape index (κ1) is 16.9. The Balaban J connectivity index is 4.08. The lowest BCUT2D eigenvalue weighted by molar-refractivity contribution is -0.156. The van der Waals surface area contributed by atoms with Crippen LogP contribution in [0.3, 0.4) is 0 Å². The van der Waals surface area contributed by atoms with Crippen LogP contribution in [0.5, 0.6) is 0 Å². The van der Waals surface area contributed by atoms with Gasteiger partial charge in [-0.15, -0.1) is 0 Å². The third-order valence-corrected chi connectivity index (χ3v) is 1.95. The maximum absolute atomic E-state index is 11.5. The van der Waals surface area contributed by atoms with E-state index in [1.54, 1.807) is 5.48 Å². The maximum Gasteiger partial charge on any atom is 0.326 e. The van der Waals surface area contributed by atoms with E-state index in [0.717, 1.165) is 0 Å². The predicted molar refractivity (Wildman–Crippen MR) is 64.9 cm³/mol. The van der Waals surface area contributed by atoms with Gasteiger partial charge in [0.2, 0.25) is 0 Å². The molecule has 106 valence electrons. The minimum absolute atomic E-state index is 0.196. The Labute approximate surface area is 108 Å². The highest BCUT2D eigenvalue weighted by molar-refractivity contribution is 5.82. The van der Waals surface area contributed by atoms with Crippen molar-refractivity contribution in [2.75, 3.05) is 13.2 Å². The zero-order valence-electron chi connectivity index (χ0n) is 11.4. The molecule has 0 saturated heterocycles. The van der Waals surface area contributed by atoms with Gasteiger partial charge in [-0.05, 0) is 11.8 Å². The maximum atomic E-state index is 11.5. The molecule has 0 rings (SSSR count). The zero-order valence-corrected chi connectivity index (χ0v) is 11.4. The van der Waals surface area contributed by atoms with Crippen molar-refractivity contribution in [3.05, 3.63) is 0 Å². The molecule has 0 radical (unpaired) electrons. The Morgan fingerprint density at radius 1 is 1.06 bits per heavy atom. The van der Waals surface area contributed by atoms with Gasteiger partial charge in [0, 0.05) is 0 Å². The number of carbonyl (C=O) groups is 2. The number of hydrogen-bond acceptors (Lipinski definition) is 6. The molecule has 6 nitrogen and oxygen atoms in total. The molecule has 0 aliphatic carbocycles. The highest BCUT2D eigenvalue weighted by Crippen LogP contribution is 2.02. The number of ether oxygens (including phenoxy) is 2. The van der Waals surface area contributed by atoms with Crippen molar-refractivity contribution in [1.82, 2.24) is 5.48 Å². The molecule has 0 aromatic carbocycles. The van der Waals surface area contributed by atoms with Crippen molar-refractivity contribution < 1.29 is 24.3 Å². The summed E-state index contributed by atoms with van der Waals surface area (Å²) in [5.74, 6) is -0.784. The van der Waals surface area contributed by atoms with E-state index in [1.165, 1.54) is 0 Å². The van der Waals surface area contributed by atoms with Gasteiger partial charge in [-0.1, -0.05) is 27.7 Å². The first-order chi connectivity index (χ1) is 8.36. The van der Waals surface area contributed by atoms with Gasteiger partial charge in [0.1, 0.15) is 6.04 Å². The summed E-state index contributed by atoms with van der Waals surface area (Å²) in [4.78, 5) is 22.9. The molecule has 0 amide bonds. The van der Waals surface area contributed by atoms with Gasteiger partial charge >= 0.3 is 11.9 Å². The summed E-state index contributed by atoms with van der Waals surface area (Å²) in [5, 5.41) is 8.83. The number of carbonyl (C=O) groups excluding carboxylic acids is 2. The second-order valence-corrected chi connectivity index (χ2v) is 4.99. The Kier molecular flexibility index (Phi) is 8.32. The van der Waals surface area contributed by atoms with Gasteiger partial charge in [-0.25, -0.2) is 0 Å². The van der Waals surface area contributed by atoms with Crippen molar-refractivity contribution >= 4 is 11.9 Å². The summed E-state index contributed by atoms with van der Waals surface area (Å²) in [6.45, 7) is 8.14. The SMILES string of the molecule is CC(C)COC(=O)C[C@H](NO)C(=O)OCC(C)C. The van der Waals surface area contributed by atoms with E-state index in [9.17, 15) is 9.59 Å². The van der Waals surface area contributed by atoms with E-state index < -0.39 is 18.0 Å². The Morgan fingerprint density at radius 3 is 2.00 bits per heavy atom. The Morgan fingerprint density at radius 2 is 1.56 bits per heavy atom. The number of nitrogens with one attached hydrogen (secondary N) is 1. The minimum Gasteiger partial charge on any atom is -0.465 e. The van der Waals surface area contributed by atoms with E-state index in [4.69, 9.17) is 14.7 Å². The van der Waals surface area contributed by atoms with Crippen LogP contribution in [0.25, 0.3) is 0 Å². The van der Waals surface area contributed by atoms with Gasteiger partial charge in [0.15, 0.2) is 0 Å². The molecule has 0 unspecified atom stereocenters. The summed E-state index contributed by atoms with van der Waals surface area (Å²) in [7, 11) is 0. The smallest absolute Gasteiger partial charge is 0.326 e. The average molecular weight is 261 g/mol. The topological polar surface area (TPSA) is 84.9 Å². The number of esters is 2. The molecule has 6 heteroatoms. The van der Waals surface area contributed by atoms with Crippen LogP contribution in [0.4, 0.5) is 0 Å². The molecule has 0 aromatic heterocycles. The minimum atomic E-state index is -1.08. The molecule has 0 saturated carbocycles. The highest BCUT2D eigenvalue weighted by atomic mass is 16.5. The van der Waals surface area contributed by atoms with E-state index >= 15 is 0 Å². The molecule has 0 fully saturated rings. The van der Waals surface area contributed by atoms with Crippen molar-refractivity contribution in [1.29, 1.82) is 0 Å². The van der Waals surface area contributed by atoms with E-state index in [2.05, 4.69) is 0 Å². The van der Waals surface area contributed by atoms with E-state index in [1.807, 2.05) is 27.7 Å². The van der Waals surface area contributed by atoms with Crippen LogP contribution in [0.1, 0.15) is 34.1 Å². The van der Waals surface area contributed by atoms with Crippen LogP contribution in [-0.2, 0) is 19.1 Å². The van der Waals surface area contributed by atoms with Crippen LogP contribution in [0, 0.1) is 11.8 Å². The second-order valence-electron chi connectivity index (χ2n) is 4.99. The Hall–Kier alpha value is -1.14. The molecule has 0 heterocycles. The van der Waals surface area contributed by atoms with Gasteiger partial charge in [0.25, 0.3) is 0 Å². The predicted octanol–water partition coefficient (Wildman–Crippen LogP) is 1.12. The lowest BCUT2D eigenvalue weighted by atomic mass is 10.2. The van der Waals surface area contributed by atoms with Crippen LogP contribution >= 0.6 is 0 Å². The third kappa shape index (κ3) is 8.03. The molecule has 1 atom stereocenters. The highest BCUT2D eigenvalue weighted by Gasteiger charge is 2.23. The van der Waals surface area contributed by atoms with Gasteiger partial charge < -0.3 is 14.7 Å². The quantitative estimate of drug-likeness (QED) is 0.503. The fraction of sp³-hybridized carbons (Fsp3) is 0.833. The van der Waals surface area contributed by atoms with Gasteiger partial charge in [0.05, 0.1) is 19.6 Å². The monoisotopic (exact) mass is 261 g/mol. The molecule has 2 N–H and O–H groups in total. The molecule has 0 spiro atoms. The van der Waals surface area contributed by atoms with E-state index in [0.29, 0.717) is 0 Å². The largest absolute Gasteiger partial charge is 0.465 e. The standard InChI is InChI=1S/C12H23NO5/c1-8(2)6-17-11(14)5-10(13-16)12(15)18-7-9(3)4/h8-10,13,16H,5-7H2,1-4H3/t10-/m0/s1. The van der Waals surface area contributed by atoms with Crippen LogP contribution < -0.4 is 5.48 Å². The molecule has 0 bridgehead atoms. The number of rotatable bonds is 8. The third-order valence-electron chi connectivity index (χ3n) is 1.95. The average Bonchev–Trinajstić information content (AvgIpc) is 2.30. The summed E-state index contributed by atoms with van der Waals surface area (Å²) >= 11 is 0.